The molecule has 4 aliphatic rings. The van der Waals surface area contributed by atoms with Gasteiger partial charge in [0.15, 0.2) is 0 Å². The lowest BCUT2D eigenvalue weighted by Gasteiger charge is -2.33. The topological polar surface area (TPSA) is 0 Å². The van der Waals surface area contributed by atoms with Crippen molar-refractivity contribution >= 4 is 18.5 Å². The Morgan fingerprint density at radius 1 is 0.491 bits per heavy atom. The molecule has 8 rings (SSSR count). The average molecular weight is 717 g/mol. The maximum Gasteiger partial charge on any atom is 0.113 e. The van der Waals surface area contributed by atoms with Crippen molar-refractivity contribution in [2.24, 2.45) is 11.8 Å². The Morgan fingerprint density at radius 2 is 0.849 bits per heavy atom. The summed E-state index contributed by atoms with van der Waals surface area (Å²) in [5, 5.41) is 3.58. The lowest BCUT2D eigenvalue weighted by Crippen LogP contribution is -2.32. The third-order valence-electron chi connectivity index (χ3n) is 13.7. The summed E-state index contributed by atoms with van der Waals surface area (Å²) in [6.07, 6.45) is 16.1. The molecular formula is C52H64Si. The van der Waals surface area contributed by atoms with Gasteiger partial charge in [-0.25, -0.2) is 0 Å². The third kappa shape index (κ3) is 7.01. The molecule has 0 aromatic heterocycles. The zero-order chi connectivity index (χ0) is 37.1. The quantitative estimate of drug-likeness (QED) is 0.159. The highest BCUT2D eigenvalue weighted by atomic mass is 28.3. The molecule has 4 aliphatic carbocycles. The van der Waals surface area contributed by atoms with Crippen LogP contribution in [-0.4, -0.2) is 8.07 Å². The molecule has 0 nitrogen and oxygen atoms in total. The van der Waals surface area contributed by atoms with Crippen LogP contribution in [0.25, 0.3) is 32.6 Å². The van der Waals surface area contributed by atoms with E-state index in [0.717, 1.165) is 24.7 Å². The number of hydrogen-bond acceptors (Lipinski definition) is 0. The Hall–Kier alpha value is -3.42. The van der Waals surface area contributed by atoms with E-state index in [1.807, 2.05) is 0 Å². The molecule has 4 aromatic rings. The molecule has 1 heteroatoms. The summed E-state index contributed by atoms with van der Waals surface area (Å²) >= 11 is 0. The van der Waals surface area contributed by atoms with Crippen LogP contribution in [0.2, 0.25) is 13.1 Å². The standard InChI is InChI=1S/C52H64Si/c1-51(2,3)43-27-23-37(24-28-43)45-21-13-19-39-33-41(31-35-15-9-10-16-35)49(47(39)45)53(7,8)50-42(32-36-17-11-12-18-36)34-40-20-14-22-46(48(40)50)38-25-29-44(30-26-38)52(4,5)6/h13-14,19-30,35-36H,9-12,15-18,31-34H2,1-8H3. The summed E-state index contributed by atoms with van der Waals surface area (Å²) in [5.74, 6) is 1.68. The molecule has 53 heavy (non-hydrogen) atoms. The predicted octanol–water partition coefficient (Wildman–Crippen LogP) is 14.9. The third-order valence-corrected chi connectivity index (χ3v) is 17.4. The highest BCUT2D eigenvalue weighted by molar-refractivity contribution is 7.09. The smallest absolute Gasteiger partial charge is 0.0652 e. The summed E-state index contributed by atoms with van der Waals surface area (Å²) in [7, 11) is -2.26. The fourth-order valence-corrected chi connectivity index (χ4v) is 15.2. The molecule has 4 aromatic carbocycles. The van der Waals surface area contributed by atoms with Gasteiger partial charge in [-0.1, -0.05) is 202 Å². The maximum atomic E-state index is 2.77. The monoisotopic (exact) mass is 716 g/mol. The van der Waals surface area contributed by atoms with E-state index < -0.39 is 8.07 Å². The summed E-state index contributed by atoms with van der Waals surface area (Å²) in [5.41, 5.74) is 18.7. The van der Waals surface area contributed by atoms with Crippen molar-refractivity contribution in [3.8, 4) is 22.3 Å². The molecule has 276 valence electrons. The molecule has 2 saturated carbocycles. The number of benzene rings is 4. The van der Waals surface area contributed by atoms with Gasteiger partial charge in [-0.15, -0.1) is 0 Å². The van der Waals surface area contributed by atoms with Crippen molar-refractivity contribution in [2.45, 2.75) is 143 Å². The molecule has 0 bridgehead atoms. The Bertz CT molecular complexity index is 1890. The molecule has 0 amide bonds. The van der Waals surface area contributed by atoms with E-state index in [9.17, 15) is 0 Å². The molecule has 0 radical (unpaired) electrons. The van der Waals surface area contributed by atoms with Crippen LogP contribution < -0.4 is 0 Å². The second kappa shape index (κ2) is 14.0. The second-order valence-corrected chi connectivity index (χ2v) is 24.2. The van der Waals surface area contributed by atoms with Crippen LogP contribution in [0.4, 0.5) is 0 Å². The van der Waals surface area contributed by atoms with Crippen LogP contribution in [-0.2, 0) is 23.7 Å². The van der Waals surface area contributed by atoms with Crippen molar-refractivity contribution in [2.75, 3.05) is 0 Å². The minimum Gasteiger partial charge on any atom is -0.0652 e. The van der Waals surface area contributed by atoms with Crippen molar-refractivity contribution in [3.63, 3.8) is 0 Å². The van der Waals surface area contributed by atoms with Gasteiger partial charge >= 0.3 is 0 Å². The highest BCUT2D eigenvalue weighted by Gasteiger charge is 2.44. The number of hydrogen-bond donors (Lipinski definition) is 0. The number of allylic oxidation sites excluding steroid dienone is 2. The molecule has 0 aliphatic heterocycles. The van der Waals surface area contributed by atoms with Crippen LogP contribution in [0.1, 0.15) is 139 Å². The largest absolute Gasteiger partial charge is 0.113 e. The van der Waals surface area contributed by atoms with E-state index in [1.165, 1.54) is 97.6 Å². The molecule has 0 saturated heterocycles. The van der Waals surface area contributed by atoms with Gasteiger partial charge in [0.05, 0.1) is 0 Å². The first-order valence-corrected chi connectivity index (χ1v) is 24.2. The number of fused-ring (bicyclic) bond motifs is 2. The number of rotatable bonds is 8. The summed E-state index contributed by atoms with van der Waals surface area (Å²) in [4.78, 5) is 0. The van der Waals surface area contributed by atoms with Gasteiger partial charge in [-0.2, -0.15) is 0 Å². The molecule has 2 fully saturated rings. The fraction of sp³-hybridized carbons (Fsp3) is 0.462. The zero-order valence-electron chi connectivity index (χ0n) is 34.2. The van der Waals surface area contributed by atoms with Crippen molar-refractivity contribution in [1.82, 2.24) is 0 Å². The Labute approximate surface area is 323 Å². The lowest BCUT2D eigenvalue weighted by molar-refractivity contribution is 0.541. The van der Waals surface area contributed by atoms with Crippen LogP contribution in [0, 0.1) is 11.8 Å². The summed E-state index contributed by atoms with van der Waals surface area (Å²) in [6.45, 7) is 19.5. The van der Waals surface area contributed by atoms with Gasteiger partial charge in [0.1, 0.15) is 8.07 Å². The van der Waals surface area contributed by atoms with Gasteiger partial charge < -0.3 is 0 Å². The first-order valence-electron chi connectivity index (χ1n) is 21.2. The van der Waals surface area contributed by atoms with Crippen LogP contribution in [0.5, 0.6) is 0 Å². The van der Waals surface area contributed by atoms with E-state index in [0.29, 0.717) is 0 Å². The van der Waals surface area contributed by atoms with Gasteiger partial charge in [0.2, 0.25) is 0 Å². The van der Waals surface area contributed by atoms with Gasteiger partial charge in [-0.05, 0) is 114 Å². The Morgan fingerprint density at radius 3 is 1.19 bits per heavy atom. The van der Waals surface area contributed by atoms with E-state index >= 15 is 0 Å². The highest BCUT2D eigenvalue weighted by Crippen LogP contribution is 2.55. The van der Waals surface area contributed by atoms with Gasteiger partial charge in [0.25, 0.3) is 0 Å². The normalized spacial score (nSPS) is 18.4. The molecule has 0 N–H and O–H groups in total. The Balaban J connectivity index is 1.32. The molecule has 0 heterocycles. The summed E-state index contributed by atoms with van der Waals surface area (Å²) < 4.78 is 0. The average Bonchev–Trinajstić information content (AvgIpc) is 3.94. The molecule has 0 atom stereocenters. The lowest BCUT2D eigenvalue weighted by atomic mass is 9.86. The maximum absolute atomic E-state index is 2.77. The minimum absolute atomic E-state index is 0.147. The van der Waals surface area contributed by atoms with E-state index in [-0.39, 0.29) is 10.8 Å². The predicted molar refractivity (Wildman–Crippen MR) is 233 cm³/mol. The fourth-order valence-electron chi connectivity index (χ4n) is 11.0. The second-order valence-electron chi connectivity index (χ2n) is 20.0. The van der Waals surface area contributed by atoms with Gasteiger partial charge in [0, 0.05) is 0 Å². The van der Waals surface area contributed by atoms with Crippen LogP contribution in [0.15, 0.2) is 96.1 Å². The van der Waals surface area contributed by atoms with E-state index in [1.54, 1.807) is 43.8 Å². The first kappa shape index (κ1) is 36.5. The van der Waals surface area contributed by atoms with Crippen LogP contribution >= 0.6 is 0 Å². The zero-order valence-corrected chi connectivity index (χ0v) is 35.2. The first-order chi connectivity index (χ1) is 25.3. The van der Waals surface area contributed by atoms with Crippen LogP contribution in [0.3, 0.4) is 0 Å². The molecular weight excluding hydrogens is 653 g/mol. The van der Waals surface area contributed by atoms with Crippen molar-refractivity contribution in [3.05, 3.63) is 129 Å². The van der Waals surface area contributed by atoms with E-state index in [4.69, 9.17) is 0 Å². The summed E-state index contributed by atoms with van der Waals surface area (Å²) in [6, 6.07) is 33.8. The van der Waals surface area contributed by atoms with Crippen molar-refractivity contribution in [1.29, 1.82) is 0 Å². The SMILES string of the molecule is CC(C)(C)c1ccc(-c2cccc3c2C([Si](C)(C)C2=C(CC4CCCC4)Cc4cccc(-c5ccc(C(C)(C)C)cc5)c42)=C(CC2CCCC2)C3)cc1. The Kier molecular flexibility index (Phi) is 9.66. The van der Waals surface area contributed by atoms with Gasteiger partial charge in [-0.3, -0.25) is 0 Å². The van der Waals surface area contributed by atoms with Crippen molar-refractivity contribution < 1.29 is 0 Å². The molecule has 0 unspecified atom stereocenters. The van der Waals surface area contributed by atoms with E-state index in [2.05, 4.69) is 140 Å². The minimum atomic E-state index is -2.26. The molecule has 0 spiro atoms.